The molecule has 0 radical (unpaired) electrons. The number of aromatic nitrogens is 2. The van der Waals surface area contributed by atoms with Crippen LogP contribution < -0.4 is 15.6 Å². The summed E-state index contributed by atoms with van der Waals surface area (Å²) in [5.74, 6) is -0.104. The van der Waals surface area contributed by atoms with Gasteiger partial charge >= 0.3 is 0 Å². The molecule has 1 amide bonds. The van der Waals surface area contributed by atoms with Crippen molar-refractivity contribution in [2.75, 3.05) is 20.3 Å². The Labute approximate surface area is 185 Å². The molecule has 0 aliphatic rings. The van der Waals surface area contributed by atoms with Gasteiger partial charge in [0.15, 0.2) is 0 Å². The van der Waals surface area contributed by atoms with Gasteiger partial charge in [0.25, 0.3) is 11.5 Å². The molecule has 0 saturated carbocycles. The van der Waals surface area contributed by atoms with Gasteiger partial charge < -0.3 is 14.8 Å². The fourth-order valence-corrected chi connectivity index (χ4v) is 3.05. The van der Waals surface area contributed by atoms with Crippen molar-refractivity contribution in [1.29, 1.82) is 5.26 Å². The van der Waals surface area contributed by atoms with E-state index in [-0.39, 0.29) is 23.6 Å². The zero-order chi connectivity index (χ0) is 23.1. The highest BCUT2D eigenvalue weighted by molar-refractivity contribution is 6.01. The molecule has 8 nitrogen and oxygen atoms in total. The van der Waals surface area contributed by atoms with E-state index in [2.05, 4.69) is 17.2 Å². The smallest absolute Gasteiger partial charge is 0.269 e. The lowest BCUT2D eigenvalue weighted by Crippen LogP contribution is -2.28. The van der Waals surface area contributed by atoms with Crippen LogP contribution in [0.1, 0.15) is 23.6 Å². The molecule has 0 aliphatic heterocycles. The highest BCUT2D eigenvalue weighted by atomic mass is 16.5. The topological polar surface area (TPSA) is 106 Å². The van der Waals surface area contributed by atoms with Gasteiger partial charge in [0, 0.05) is 19.9 Å². The molecule has 1 N–H and O–H groups in total. The van der Waals surface area contributed by atoms with E-state index >= 15 is 0 Å². The number of amides is 1. The van der Waals surface area contributed by atoms with E-state index in [4.69, 9.17) is 9.47 Å². The van der Waals surface area contributed by atoms with Crippen LogP contribution in [-0.2, 0) is 16.0 Å². The third kappa shape index (κ3) is 5.02. The van der Waals surface area contributed by atoms with Gasteiger partial charge in [-0.25, -0.2) is 0 Å². The molecule has 164 valence electrons. The number of carbonyl (C=O) groups excluding carboxylic acids is 1. The summed E-state index contributed by atoms with van der Waals surface area (Å²) in [6.07, 6.45) is 3.67. The summed E-state index contributed by atoms with van der Waals surface area (Å²) >= 11 is 0. The summed E-state index contributed by atoms with van der Waals surface area (Å²) < 4.78 is 12.2. The van der Waals surface area contributed by atoms with Crippen molar-refractivity contribution in [3.05, 3.63) is 75.2 Å². The van der Waals surface area contributed by atoms with Crippen LogP contribution in [0.2, 0.25) is 0 Å². The summed E-state index contributed by atoms with van der Waals surface area (Å²) in [6.45, 7) is 4.41. The molecule has 0 saturated heterocycles. The average Bonchev–Trinajstić information content (AvgIpc) is 2.80. The van der Waals surface area contributed by atoms with Gasteiger partial charge in [-0.3, -0.25) is 14.0 Å². The Morgan fingerprint density at radius 3 is 2.69 bits per heavy atom. The molecular weight excluding hydrogens is 408 g/mol. The van der Waals surface area contributed by atoms with Crippen LogP contribution in [0.5, 0.6) is 11.6 Å². The summed E-state index contributed by atoms with van der Waals surface area (Å²) in [6, 6.07) is 12.8. The van der Waals surface area contributed by atoms with Crippen LogP contribution in [0.15, 0.2) is 53.0 Å². The van der Waals surface area contributed by atoms with Crippen molar-refractivity contribution in [1.82, 2.24) is 14.7 Å². The first-order chi connectivity index (χ1) is 15.5. The molecule has 2 heterocycles. The number of rotatable bonds is 8. The van der Waals surface area contributed by atoms with E-state index in [1.807, 2.05) is 31.2 Å². The largest absolute Gasteiger partial charge is 0.438 e. The minimum Gasteiger partial charge on any atom is -0.438 e. The van der Waals surface area contributed by atoms with Crippen molar-refractivity contribution in [2.45, 2.75) is 20.3 Å². The van der Waals surface area contributed by atoms with Gasteiger partial charge in [-0.05, 0) is 48.7 Å². The molecular formula is C24H24N4O4. The minimum absolute atomic E-state index is 0.00566. The van der Waals surface area contributed by atoms with E-state index in [0.717, 1.165) is 17.5 Å². The van der Waals surface area contributed by atoms with E-state index in [9.17, 15) is 14.9 Å². The van der Waals surface area contributed by atoms with Crippen LogP contribution in [-0.4, -0.2) is 35.6 Å². The first-order valence-electron chi connectivity index (χ1n) is 10.2. The first-order valence-corrected chi connectivity index (χ1v) is 10.2. The number of nitrogens with zero attached hydrogens (tertiary/aromatic N) is 3. The number of fused-ring (bicyclic) bond motifs is 1. The number of aryl methyl sites for hydroxylation is 2. The number of hydrogen-bond acceptors (Lipinski definition) is 6. The lowest BCUT2D eigenvalue weighted by Gasteiger charge is -2.12. The summed E-state index contributed by atoms with van der Waals surface area (Å²) in [5.41, 5.74) is 1.67. The standard InChI is InChI=1S/C24H24N4O4/c1-4-17-7-9-19(10-8-17)32-23-20(14-18(15-25)22(29)26-11-13-31-3)24(30)28-12-5-6-16(2)21(28)27-23/h5-10,12,14H,4,11,13H2,1-3H3,(H,26,29). The number of nitrogens with one attached hydrogen (secondary N) is 1. The molecule has 0 aliphatic carbocycles. The summed E-state index contributed by atoms with van der Waals surface area (Å²) in [5, 5.41) is 12.1. The fraction of sp³-hybridized carbons (Fsp3) is 0.250. The highest BCUT2D eigenvalue weighted by Gasteiger charge is 2.18. The minimum atomic E-state index is -0.614. The molecule has 0 bridgehead atoms. The normalized spacial score (nSPS) is 11.2. The number of methoxy groups -OCH3 is 1. The second kappa shape index (κ2) is 10.4. The average molecular weight is 432 g/mol. The Morgan fingerprint density at radius 1 is 1.28 bits per heavy atom. The monoisotopic (exact) mass is 432 g/mol. The molecule has 0 spiro atoms. The maximum absolute atomic E-state index is 13.3. The molecule has 8 heteroatoms. The van der Waals surface area contributed by atoms with Gasteiger partial charge in [0.05, 0.1) is 6.61 Å². The Morgan fingerprint density at radius 2 is 2.03 bits per heavy atom. The van der Waals surface area contributed by atoms with Crippen molar-refractivity contribution in [3.8, 4) is 17.7 Å². The third-order valence-corrected chi connectivity index (χ3v) is 4.84. The van der Waals surface area contributed by atoms with Gasteiger partial charge in [-0.1, -0.05) is 25.1 Å². The van der Waals surface area contributed by atoms with Gasteiger partial charge in [-0.15, -0.1) is 0 Å². The second-order valence-corrected chi connectivity index (χ2v) is 7.04. The van der Waals surface area contributed by atoms with E-state index in [0.29, 0.717) is 18.0 Å². The zero-order valence-corrected chi connectivity index (χ0v) is 18.2. The van der Waals surface area contributed by atoms with Crippen LogP contribution >= 0.6 is 0 Å². The number of hydrogen-bond donors (Lipinski definition) is 1. The predicted molar refractivity (Wildman–Crippen MR) is 121 cm³/mol. The molecule has 0 atom stereocenters. The molecule has 0 fully saturated rings. The zero-order valence-electron chi connectivity index (χ0n) is 18.2. The number of nitriles is 1. The van der Waals surface area contributed by atoms with Crippen molar-refractivity contribution in [3.63, 3.8) is 0 Å². The predicted octanol–water partition coefficient (Wildman–Crippen LogP) is 3.03. The summed E-state index contributed by atoms with van der Waals surface area (Å²) in [4.78, 5) is 30.2. The second-order valence-electron chi connectivity index (χ2n) is 7.04. The maximum atomic E-state index is 13.3. The highest BCUT2D eigenvalue weighted by Crippen LogP contribution is 2.25. The molecule has 0 unspecified atom stereocenters. The maximum Gasteiger partial charge on any atom is 0.269 e. The van der Waals surface area contributed by atoms with Crippen molar-refractivity contribution < 1.29 is 14.3 Å². The lowest BCUT2D eigenvalue weighted by atomic mass is 10.1. The Balaban J connectivity index is 2.12. The van der Waals surface area contributed by atoms with Crippen LogP contribution in [0.25, 0.3) is 11.7 Å². The van der Waals surface area contributed by atoms with Crippen LogP contribution in [0.4, 0.5) is 0 Å². The number of benzene rings is 1. The van der Waals surface area contributed by atoms with Gasteiger partial charge in [0.2, 0.25) is 5.88 Å². The Bertz CT molecular complexity index is 1250. The van der Waals surface area contributed by atoms with E-state index < -0.39 is 11.5 Å². The van der Waals surface area contributed by atoms with E-state index in [1.54, 1.807) is 24.4 Å². The molecule has 3 aromatic rings. The van der Waals surface area contributed by atoms with Gasteiger partial charge in [0.1, 0.15) is 28.6 Å². The SMILES string of the molecule is CCc1ccc(Oc2nc3c(C)cccn3c(=O)c2C=C(C#N)C(=O)NCCOC)cc1. The third-order valence-electron chi connectivity index (χ3n) is 4.84. The van der Waals surface area contributed by atoms with Crippen molar-refractivity contribution >= 4 is 17.6 Å². The molecule has 32 heavy (non-hydrogen) atoms. The molecule has 2 aromatic heterocycles. The van der Waals surface area contributed by atoms with E-state index in [1.165, 1.54) is 17.6 Å². The Kier molecular flexibility index (Phi) is 7.37. The summed E-state index contributed by atoms with van der Waals surface area (Å²) in [7, 11) is 1.51. The van der Waals surface area contributed by atoms with Gasteiger partial charge in [-0.2, -0.15) is 10.2 Å². The number of ether oxygens (including phenoxy) is 2. The quantitative estimate of drug-likeness (QED) is 0.333. The number of pyridine rings is 1. The number of carbonyl (C=O) groups is 1. The fourth-order valence-electron chi connectivity index (χ4n) is 3.05. The lowest BCUT2D eigenvalue weighted by molar-refractivity contribution is -0.117. The molecule has 3 rings (SSSR count). The van der Waals surface area contributed by atoms with Crippen molar-refractivity contribution in [2.24, 2.45) is 0 Å². The van der Waals surface area contributed by atoms with Crippen LogP contribution in [0.3, 0.4) is 0 Å². The van der Waals surface area contributed by atoms with Crippen LogP contribution in [0, 0.1) is 18.3 Å². The first kappa shape index (κ1) is 22.7. The Hall–Kier alpha value is -3.96. The molecule has 1 aromatic carbocycles.